The quantitative estimate of drug-likeness (QED) is 0.587. The molecule has 2 nitrogen and oxygen atoms in total. The lowest BCUT2D eigenvalue weighted by atomic mass is 10.1. The number of benzene rings is 1. The van der Waals surface area contributed by atoms with Gasteiger partial charge in [0.15, 0.2) is 0 Å². The molecule has 0 saturated heterocycles. The average molecular weight is 365 g/mol. The van der Waals surface area contributed by atoms with Gasteiger partial charge in [0, 0.05) is 5.56 Å². The Kier molecular flexibility index (Phi) is 3.74. The van der Waals surface area contributed by atoms with Crippen molar-refractivity contribution >= 4 is 22.6 Å². The van der Waals surface area contributed by atoms with E-state index in [1.807, 2.05) is 22.6 Å². The minimum atomic E-state index is -4.68. The van der Waals surface area contributed by atoms with Gasteiger partial charge in [-0.25, -0.2) is 4.98 Å². The number of hydrogen-bond donors (Lipinski definition) is 0. The predicted octanol–water partition coefficient (Wildman–Crippen LogP) is 4.25. The molecule has 0 aliphatic heterocycles. The highest BCUT2D eigenvalue weighted by Crippen LogP contribution is 2.27. The first-order valence-electron chi connectivity index (χ1n) is 4.93. The van der Waals surface area contributed by atoms with Crippen molar-refractivity contribution in [1.29, 1.82) is 0 Å². The van der Waals surface area contributed by atoms with Crippen molar-refractivity contribution in [3.8, 4) is 17.0 Å². The fourth-order valence-electron chi connectivity index (χ4n) is 1.42. The number of ether oxygens (including phenoxy) is 1. The Morgan fingerprint density at radius 1 is 1.06 bits per heavy atom. The molecule has 0 radical (unpaired) electrons. The van der Waals surface area contributed by atoms with E-state index in [1.54, 1.807) is 24.3 Å². The van der Waals surface area contributed by atoms with E-state index in [9.17, 15) is 13.2 Å². The van der Waals surface area contributed by atoms with E-state index < -0.39 is 6.36 Å². The standard InChI is InChI=1S/C12H7F3INO/c13-12(14,15)18-9-4-1-3-8(7-9)10-5-2-6-11(16)17-10/h1-7H. The summed E-state index contributed by atoms with van der Waals surface area (Å²) < 4.78 is 40.9. The first-order chi connectivity index (χ1) is 8.44. The SMILES string of the molecule is FC(F)(F)Oc1cccc(-c2cccc(I)n2)c1. The van der Waals surface area contributed by atoms with Crippen LogP contribution in [0.15, 0.2) is 42.5 Å². The number of nitrogens with zero attached hydrogens (tertiary/aromatic N) is 1. The van der Waals surface area contributed by atoms with Gasteiger partial charge in [0.25, 0.3) is 0 Å². The van der Waals surface area contributed by atoms with E-state index in [2.05, 4.69) is 9.72 Å². The molecule has 0 saturated carbocycles. The topological polar surface area (TPSA) is 22.1 Å². The minimum absolute atomic E-state index is 0.249. The molecule has 18 heavy (non-hydrogen) atoms. The van der Waals surface area contributed by atoms with Crippen molar-refractivity contribution in [2.45, 2.75) is 6.36 Å². The van der Waals surface area contributed by atoms with Gasteiger partial charge in [0.1, 0.15) is 9.45 Å². The van der Waals surface area contributed by atoms with Crippen LogP contribution >= 0.6 is 22.6 Å². The molecule has 0 aliphatic rings. The lowest BCUT2D eigenvalue weighted by molar-refractivity contribution is -0.274. The molecule has 0 fully saturated rings. The molecule has 1 aromatic carbocycles. The van der Waals surface area contributed by atoms with E-state index in [0.29, 0.717) is 11.3 Å². The average Bonchev–Trinajstić information content (AvgIpc) is 2.27. The monoisotopic (exact) mass is 365 g/mol. The zero-order valence-corrected chi connectivity index (χ0v) is 11.1. The molecule has 0 N–H and O–H groups in total. The maximum absolute atomic E-state index is 12.1. The molecule has 0 bridgehead atoms. The molecule has 94 valence electrons. The van der Waals surface area contributed by atoms with Crippen LogP contribution in [-0.4, -0.2) is 11.3 Å². The van der Waals surface area contributed by atoms with Gasteiger partial charge in [0.05, 0.1) is 5.69 Å². The van der Waals surface area contributed by atoms with Crippen molar-refractivity contribution in [2.75, 3.05) is 0 Å². The van der Waals surface area contributed by atoms with Crippen molar-refractivity contribution in [3.63, 3.8) is 0 Å². The van der Waals surface area contributed by atoms with Crippen molar-refractivity contribution in [3.05, 3.63) is 46.2 Å². The normalized spacial score (nSPS) is 11.3. The summed E-state index contributed by atoms with van der Waals surface area (Å²) in [5, 5.41) is 0. The van der Waals surface area contributed by atoms with E-state index in [-0.39, 0.29) is 5.75 Å². The summed E-state index contributed by atoms with van der Waals surface area (Å²) in [6.45, 7) is 0. The van der Waals surface area contributed by atoms with Crippen LogP contribution in [0, 0.1) is 3.70 Å². The van der Waals surface area contributed by atoms with Crippen LogP contribution in [0.4, 0.5) is 13.2 Å². The molecule has 2 aromatic rings. The number of aromatic nitrogens is 1. The van der Waals surface area contributed by atoms with Crippen molar-refractivity contribution < 1.29 is 17.9 Å². The van der Waals surface area contributed by atoms with Gasteiger partial charge >= 0.3 is 6.36 Å². The van der Waals surface area contributed by atoms with Gasteiger partial charge in [0.2, 0.25) is 0 Å². The molecular formula is C12H7F3INO. The third-order valence-electron chi connectivity index (χ3n) is 2.08. The molecule has 0 atom stereocenters. The summed E-state index contributed by atoms with van der Waals surface area (Å²) in [5.74, 6) is -0.249. The molecule has 0 spiro atoms. The number of pyridine rings is 1. The second kappa shape index (κ2) is 5.13. The van der Waals surface area contributed by atoms with Crippen LogP contribution in [0.5, 0.6) is 5.75 Å². The van der Waals surface area contributed by atoms with Gasteiger partial charge in [-0.05, 0) is 46.9 Å². The fourth-order valence-corrected chi connectivity index (χ4v) is 1.89. The molecule has 0 amide bonds. The van der Waals surface area contributed by atoms with Gasteiger partial charge < -0.3 is 4.74 Å². The highest BCUT2D eigenvalue weighted by molar-refractivity contribution is 14.1. The Morgan fingerprint density at radius 2 is 1.78 bits per heavy atom. The van der Waals surface area contributed by atoms with Gasteiger partial charge in [-0.1, -0.05) is 18.2 Å². The predicted molar refractivity (Wildman–Crippen MR) is 69.1 cm³/mol. The van der Waals surface area contributed by atoms with Crippen LogP contribution < -0.4 is 4.74 Å². The lowest BCUT2D eigenvalue weighted by Gasteiger charge is -2.09. The van der Waals surface area contributed by atoms with Gasteiger partial charge in [-0.15, -0.1) is 13.2 Å². The maximum Gasteiger partial charge on any atom is 0.573 e. The molecule has 1 heterocycles. The second-order valence-corrected chi connectivity index (χ2v) is 4.53. The first kappa shape index (κ1) is 13.1. The third kappa shape index (κ3) is 3.59. The maximum atomic E-state index is 12.1. The van der Waals surface area contributed by atoms with E-state index in [1.165, 1.54) is 18.2 Å². The van der Waals surface area contributed by atoms with Crippen molar-refractivity contribution in [2.24, 2.45) is 0 Å². The smallest absolute Gasteiger partial charge is 0.406 e. The highest BCUT2D eigenvalue weighted by Gasteiger charge is 2.31. The molecule has 2 rings (SSSR count). The minimum Gasteiger partial charge on any atom is -0.406 e. The van der Waals surface area contributed by atoms with Crippen LogP contribution in [0.2, 0.25) is 0 Å². The Bertz CT molecular complexity index is 557. The Hall–Kier alpha value is -1.31. The largest absolute Gasteiger partial charge is 0.573 e. The van der Waals surface area contributed by atoms with Gasteiger partial charge in [-0.3, -0.25) is 0 Å². The van der Waals surface area contributed by atoms with Crippen LogP contribution in [0.25, 0.3) is 11.3 Å². The molecule has 1 aromatic heterocycles. The van der Waals surface area contributed by atoms with Crippen LogP contribution in [-0.2, 0) is 0 Å². The number of halogens is 4. The molecule has 0 aliphatic carbocycles. The van der Waals surface area contributed by atoms with Crippen molar-refractivity contribution in [1.82, 2.24) is 4.98 Å². The summed E-state index contributed by atoms with van der Waals surface area (Å²) in [6.07, 6.45) is -4.68. The molecule has 6 heteroatoms. The van der Waals surface area contributed by atoms with E-state index >= 15 is 0 Å². The number of rotatable bonds is 2. The zero-order valence-electron chi connectivity index (χ0n) is 8.91. The Balaban J connectivity index is 2.33. The summed E-state index contributed by atoms with van der Waals surface area (Å²) in [5.41, 5.74) is 1.18. The van der Waals surface area contributed by atoms with Crippen LogP contribution in [0.3, 0.4) is 0 Å². The summed E-state index contributed by atoms with van der Waals surface area (Å²) in [6, 6.07) is 11.1. The van der Waals surface area contributed by atoms with Gasteiger partial charge in [-0.2, -0.15) is 0 Å². The Labute approximate surface area is 115 Å². The summed E-state index contributed by atoms with van der Waals surface area (Å²) in [7, 11) is 0. The fraction of sp³-hybridized carbons (Fsp3) is 0.0833. The van der Waals surface area contributed by atoms with E-state index in [4.69, 9.17) is 0 Å². The molecular weight excluding hydrogens is 358 g/mol. The Morgan fingerprint density at radius 3 is 2.44 bits per heavy atom. The third-order valence-corrected chi connectivity index (χ3v) is 2.68. The molecule has 0 unspecified atom stereocenters. The number of hydrogen-bond acceptors (Lipinski definition) is 2. The second-order valence-electron chi connectivity index (χ2n) is 3.42. The first-order valence-corrected chi connectivity index (χ1v) is 6.01. The zero-order chi connectivity index (χ0) is 13.2. The van der Waals surface area contributed by atoms with E-state index in [0.717, 1.165) is 3.70 Å². The lowest BCUT2D eigenvalue weighted by Crippen LogP contribution is -2.17. The highest BCUT2D eigenvalue weighted by atomic mass is 127. The number of alkyl halides is 3. The van der Waals surface area contributed by atoms with Crippen LogP contribution in [0.1, 0.15) is 0 Å². The summed E-state index contributed by atoms with van der Waals surface area (Å²) >= 11 is 2.04. The summed E-state index contributed by atoms with van der Waals surface area (Å²) in [4.78, 5) is 4.23.